The molecular formula is C14H23NO4S. The van der Waals surface area contributed by atoms with Crippen LogP contribution >= 0.6 is 0 Å². The summed E-state index contributed by atoms with van der Waals surface area (Å²) >= 11 is 0. The van der Waals surface area contributed by atoms with Gasteiger partial charge in [0, 0.05) is 19.2 Å². The van der Waals surface area contributed by atoms with E-state index in [0.29, 0.717) is 29.5 Å². The third kappa shape index (κ3) is 2.77. The standard InChI is InChI=1S/C14H23NO4S/c1-10-13(9-16)14(11(2)19-10)20(17,18)15(3)8-12-6-4-5-7-12/h12,16H,4-9H2,1-3H3. The van der Waals surface area contributed by atoms with Crippen LogP contribution in [0.4, 0.5) is 0 Å². The van der Waals surface area contributed by atoms with Gasteiger partial charge in [-0.05, 0) is 32.6 Å². The number of aryl methyl sites for hydroxylation is 2. The number of sulfonamides is 1. The molecule has 2 rings (SSSR count). The topological polar surface area (TPSA) is 70.8 Å². The van der Waals surface area contributed by atoms with E-state index in [0.717, 1.165) is 12.8 Å². The predicted octanol–water partition coefficient (Wildman–Crippen LogP) is 2.20. The Kier molecular flexibility index (Phi) is 4.56. The second-order valence-electron chi connectivity index (χ2n) is 5.62. The molecule has 0 amide bonds. The Morgan fingerprint density at radius 1 is 1.25 bits per heavy atom. The fourth-order valence-electron chi connectivity index (χ4n) is 3.04. The molecule has 114 valence electrons. The fourth-order valence-corrected chi connectivity index (χ4v) is 4.68. The Labute approximate surface area is 120 Å². The van der Waals surface area contributed by atoms with Crippen molar-refractivity contribution in [2.45, 2.75) is 51.0 Å². The Morgan fingerprint density at radius 3 is 2.40 bits per heavy atom. The molecule has 20 heavy (non-hydrogen) atoms. The summed E-state index contributed by atoms with van der Waals surface area (Å²) < 4.78 is 32.2. The van der Waals surface area contributed by atoms with E-state index in [9.17, 15) is 13.5 Å². The summed E-state index contributed by atoms with van der Waals surface area (Å²) in [5, 5.41) is 9.40. The van der Waals surface area contributed by atoms with E-state index in [1.807, 2.05) is 0 Å². The Hall–Kier alpha value is -0.850. The van der Waals surface area contributed by atoms with Gasteiger partial charge in [0.2, 0.25) is 10.0 Å². The third-order valence-electron chi connectivity index (χ3n) is 4.14. The lowest BCUT2D eigenvalue weighted by Crippen LogP contribution is -2.32. The molecule has 0 unspecified atom stereocenters. The molecule has 1 aromatic heterocycles. The second-order valence-corrected chi connectivity index (χ2v) is 7.60. The smallest absolute Gasteiger partial charge is 0.246 e. The van der Waals surface area contributed by atoms with Gasteiger partial charge in [0.1, 0.15) is 16.4 Å². The van der Waals surface area contributed by atoms with E-state index in [2.05, 4.69) is 0 Å². The number of nitrogens with zero attached hydrogens (tertiary/aromatic N) is 1. The minimum absolute atomic E-state index is 0.137. The fraction of sp³-hybridized carbons (Fsp3) is 0.714. The number of furan rings is 1. The lowest BCUT2D eigenvalue weighted by molar-refractivity contribution is 0.276. The van der Waals surface area contributed by atoms with E-state index in [1.54, 1.807) is 20.9 Å². The molecule has 1 aliphatic carbocycles. The van der Waals surface area contributed by atoms with Crippen molar-refractivity contribution in [3.05, 3.63) is 17.1 Å². The van der Waals surface area contributed by atoms with Gasteiger partial charge in [-0.15, -0.1) is 0 Å². The van der Waals surface area contributed by atoms with Crippen LogP contribution in [0.3, 0.4) is 0 Å². The zero-order valence-electron chi connectivity index (χ0n) is 12.3. The maximum absolute atomic E-state index is 12.7. The molecule has 6 heteroatoms. The first-order valence-electron chi connectivity index (χ1n) is 7.04. The SMILES string of the molecule is Cc1oc(C)c(S(=O)(=O)N(C)CC2CCCC2)c1CO. The third-order valence-corrected chi connectivity index (χ3v) is 6.16. The molecular weight excluding hydrogens is 278 g/mol. The van der Waals surface area contributed by atoms with Gasteiger partial charge in [-0.25, -0.2) is 12.7 Å². The molecule has 0 saturated heterocycles. The monoisotopic (exact) mass is 301 g/mol. The Balaban J connectivity index is 2.29. The first-order valence-corrected chi connectivity index (χ1v) is 8.48. The van der Waals surface area contributed by atoms with Crippen LogP contribution < -0.4 is 0 Å². The first kappa shape index (κ1) is 15.5. The zero-order valence-corrected chi connectivity index (χ0v) is 13.2. The van der Waals surface area contributed by atoms with Crippen LogP contribution in [0.5, 0.6) is 0 Å². The van der Waals surface area contributed by atoms with Crippen LogP contribution in [-0.2, 0) is 16.6 Å². The maximum atomic E-state index is 12.7. The largest absolute Gasteiger partial charge is 0.465 e. The summed E-state index contributed by atoms with van der Waals surface area (Å²) in [7, 11) is -1.99. The van der Waals surface area contributed by atoms with Crippen LogP contribution in [0.15, 0.2) is 9.31 Å². The predicted molar refractivity (Wildman–Crippen MR) is 75.9 cm³/mol. The Bertz CT molecular complexity index is 570. The van der Waals surface area contributed by atoms with Gasteiger partial charge in [0.25, 0.3) is 0 Å². The molecule has 1 aromatic rings. The van der Waals surface area contributed by atoms with E-state index < -0.39 is 10.0 Å². The lowest BCUT2D eigenvalue weighted by Gasteiger charge is -2.21. The summed E-state index contributed by atoms with van der Waals surface area (Å²) in [5.74, 6) is 1.27. The van der Waals surface area contributed by atoms with Crippen molar-refractivity contribution in [1.29, 1.82) is 0 Å². The van der Waals surface area contributed by atoms with E-state index in [-0.39, 0.29) is 11.5 Å². The second kappa shape index (κ2) is 5.87. The van der Waals surface area contributed by atoms with Gasteiger partial charge in [-0.1, -0.05) is 12.8 Å². The van der Waals surface area contributed by atoms with E-state index in [4.69, 9.17) is 4.42 Å². The summed E-state index contributed by atoms with van der Waals surface area (Å²) in [4.78, 5) is 0.137. The summed E-state index contributed by atoms with van der Waals surface area (Å²) in [6.45, 7) is 3.52. The van der Waals surface area contributed by atoms with Crippen LogP contribution in [-0.4, -0.2) is 31.4 Å². The highest BCUT2D eigenvalue weighted by atomic mass is 32.2. The number of aliphatic hydroxyl groups is 1. The van der Waals surface area contributed by atoms with Crippen molar-refractivity contribution in [1.82, 2.24) is 4.31 Å². The molecule has 0 bridgehead atoms. The lowest BCUT2D eigenvalue weighted by atomic mass is 10.1. The highest BCUT2D eigenvalue weighted by Crippen LogP contribution is 2.31. The van der Waals surface area contributed by atoms with Gasteiger partial charge in [-0.3, -0.25) is 0 Å². The van der Waals surface area contributed by atoms with Gasteiger partial charge >= 0.3 is 0 Å². The van der Waals surface area contributed by atoms with E-state index in [1.165, 1.54) is 17.1 Å². The molecule has 1 fully saturated rings. The van der Waals surface area contributed by atoms with Gasteiger partial charge in [0.05, 0.1) is 6.61 Å². The minimum atomic E-state index is -3.60. The average Bonchev–Trinajstić information content (AvgIpc) is 2.96. The first-order chi connectivity index (χ1) is 9.37. The van der Waals surface area contributed by atoms with Crippen LogP contribution in [0, 0.1) is 19.8 Å². The summed E-state index contributed by atoms with van der Waals surface area (Å²) in [6.07, 6.45) is 4.56. The molecule has 0 aromatic carbocycles. The van der Waals surface area contributed by atoms with Gasteiger partial charge < -0.3 is 9.52 Å². The number of rotatable bonds is 5. The molecule has 0 aliphatic heterocycles. The van der Waals surface area contributed by atoms with Crippen LogP contribution in [0.2, 0.25) is 0 Å². The van der Waals surface area contributed by atoms with Crippen molar-refractivity contribution in [2.75, 3.05) is 13.6 Å². The van der Waals surface area contributed by atoms with Gasteiger partial charge in [0.15, 0.2) is 0 Å². The molecule has 1 aliphatic rings. The molecule has 5 nitrogen and oxygen atoms in total. The van der Waals surface area contributed by atoms with Crippen molar-refractivity contribution < 1.29 is 17.9 Å². The molecule has 0 spiro atoms. The molecule has 1 saturated carbocycles. The zero-order chi connectivity index (χ0) is 14.9. The molecule has 0 atom stereocenters. The maximum Gasteiger partial charge on any atom is 0.246 e. The van der Waals surface area contributed by atoms with Crippen molar-refractivity contribution in [3.8, 4) is 0 Å². The Morgan fingerprint density at radius 2 is 1.85 bits per heavy atom. The number of hydrogen-bond donors (Lipinski definition) is 1. The number of aliphatic hydroxyl groups excluding tert-OH is 1. The molecule has 1 heterocycles. The van der Waals surface area contributed by atoms with Crippen LogP contribution in [0.1, 0.15) is 42.8 Å². The van der Waals surface area contributed by atoms with Crippen molar-refractivity contribution in [2.24, 2.45) is 5.92 Å². The van der Waals surface area contributed by atoms with E-state index >= 15 is 0 Å². The minimum Gasteiger partial charge on any atom is -0.465 e. The normalized spacial score (nSPS) is 17.2. The highest BCUT2D eigenvalue weighted by molar-refractivity contribution is 7.89. The van der Waals surface area contributed by atoms with Crippen molar-refractivity contribution in [3.63, 3.8) is 0 Å². The molecule has 0 radical (unpaired) electrons. The number of hydrogen-bond acceptors (Lipinski definition) is 4. The average molecular weight is 301 g/mol. The quantitative estimate of drug-likeness (QED) is 0.905. The molecule has 1 N–H and O–H groups in total. The van der Waals surface area contributed by atoms with Crippen LogP contribution in [0.25, 0.3) is 0 Å². The summed E-state index contributed by atoms with van der Waals surface area (Å²) in [5.41, 5.74) is 0.376. The highest BCUT2D eigenvalue weighted by Gasteiger charge is 2.31. The van der Waals surface area contributed by atoms with Gasteiger partial charge in [-0.2, -0.15) is 0 Å². The van der Waals surface area contributed by atoms with Crippen molar-refractivity contribution >= 4 is 10.0 Å². The summed E-state index contributed by atoms with van der Waals surface area (Å²) in [6, 6.07) is 0.